The highest BCUT2D eigenvalue weighted by Crippen LogP contribution is 2.57. The van der Waals surface area contributed by atoms with E-state index in [1.54, 1.807) is 5.57 Å². The molecule has 2 nitrogen and oxygen atoms in total. The number of nitrogens with zero attached hydrogens (tertiary/aromatic N) is 2. The molecule has 1 aromatic heterocycles. The Labute approximate surface area is 250 Å². The SMILES string of the molecule is CC1=CC2C(C3=CCC(n4c(C5=CCCCC5)nc5ccccc54)C=C3)C3=CC=CCC3C(c3ccccc3)C2C=C1. The molecular formula is C40H40N2. The van der Waals surface area contributed by atoms with Gasteiger partial charge in [-0.1, -0.05) is 114 Å². The number of benzene rings is 2. The molecule has 0 saturated heterocycles. The maximum Gasteiger partial charge on any atom is 0.137 e. The second-order valence-corrected chi connectivity index (χ2v) is 12.9. The summed E-state index contributed by atoms with van der Waals surface area (Å²) in [5, 5.41) is 0. The topological polar surface area (TPSA) is 17.8 Å². The Balaban J connectivity index is 1.17. The molecule has 0 radical (unpaired) electrons. The molecule has 0 amide bonds. The normalized spacial score (nSPS) is 30.2. The Kier molecular flexibility index (Phi) is 6.59. The highest BCUT2D eigenvalue weighted by molar-refractivity contribution is 5.80. The van der Waals surface area contributed by atoms with E-state index in [4.69, 9.17) is 4.98 Å². The molecule has 6 unspecified atom stereocenters. The third kappa shape index (κ3) is 4.35. The molecule has 0 spiro atoms. The van der Waals surface area contributed by atoms with Crippen LogP contribution in [0.1, 0.15) is 68.8 Å². The molecule has 0 N–H and O–H groups in total. The monoisotopic (exact) mass is 548 g/mol. The van der Waals surface area contributed by atoms with Crippen molar-refractivity contribution >= 4 is 16.6 Å². The molecule has 1 fully saturated rings. The van der Waals surface area contributed by atoms with Gasteiger partial charge in [-0.2, -0.15) is 0 Å². The van der Waals surface area contributed by atoms with E-state index in [1.165, 1.54) is 52.9 Å². The second-order valence-electron chi connectivity index (χ2n) is 12.9. The Bertz CT molecular complexity index is 1720. The van der Waals surface area contributed by atoms with Gasteiger partial charge in [0.25, 0.3) is 0 Å². The van der Waals surface area contributed by atoms with Gasteiger partial charge in [0, 0.05) is 5.92 Å². The molecule has 42 heavy (non-hydrogen) atoms. The zero-order chi connectivity index (χ0) is 28.0. The van der Waals surface area contributed by atoms with Gasteiger partial charge in [0.15, 0.2) is 0 Å². The van der Waals surface area contributed by atoms with Crippen LogP contribution in [0.3, 0.4) is 0 Å². The molecule has 0 bridgehead atoms. The Morgan fingerprint density at radius 2 is 1.74 bits per heavy atom. The van der Waals surface area contributed by atoms with Gasteiger partial charge in [0.2, 0.25) is 0 Å². The van der Waals surface area contributed by atoms with E-state index < -0.39 is 0 Å². The zero-order valence-electron chi connectivity index (χ0n) is 24.6. The summed E-state index contributed by atoms with van der Waals surface area (Å²) in [5.41, 5.74) is 9.81. The van der Waals surface area contributed by atoms with Gasteiger partial charge in [0.05, 0.1) is 17.1 Å². The van der Waals surface area contributed by atoms with Crippen molar-refractivity contribution in [3.63, 3.8) is 0 Å². The van der Waals surface area contributed by atoms with Crippen LogP contribution in [-0.4, -0.2) is 9.55 Å². The van der Waals surface area contributed by atoms with Crippen molar-refractivity contribution in [3.8, 4) is 0 Å². The summed E-state index contributed by atoms with van der Waals surface area (Å²) in [5.74, 6) is 3.62. The van der Waals surface area contributed by atoms with Gasteiger partial charge in [-0.25, -0.2) is 4.98 Å². The van der Waals surface area contributed by atoms with Gasteiger partial charge in [0.1, 0.15) is 5.82 Å². The van der Waals surface area contributed by atoms with E-state index in [0.29, 0.717) is 29.6 Å². The molecule has 8 rings (SSSR count). The number of rotatable bonds is 4. The minimum Gasteiger partial charge on any atom is -0.317 e. The van der Waals surface area contributed by atoms with Gasteiger partial charge < -0.3 is 4.57 Å². The second kappa shape index (κ2) is 10.7. The highest BCUT2D eigenvalue weighted by atomic mass is 15.1. The third-order valence-corrected chi connectivity index (χ3v) is 10.5. The maximum atomic E-state index is 5.18. The van der Waals surface area contributed by atoms with E-state index in [2.05, 4.69) is 127 Å². The fraction of sp³-hybridized carbons (Fsp3) is 0.325. The Morgan fingerprint density at radius 1 is 0.857 bits per heavy atom. The first-order valence-electron chi connectivity index (χ1n) is 16.1. The summed E-state index contributed by atoms with van der Waals surface area (Å²) in [4.78, 5) is 5.18. The minimum atomic E-state index is 0.287. The standard InChI is InChI=1S/C40H40N2/c1-27-20-25-34-35(26-27)39(33-17-9-8-16-32(33)38(34)28-12-4-2-5-13-28)29-21-23-31(24-22-29)42-37-19-11-10-18-36(37)41-40(42)30-14-6-3-7-15-30/h2,4-5,8-14,17-23,25-26,31-32,34-35,38-39H,3,6-7,15-16,24H2,1H3. The lowest BCUT2D eigenvalue weighted by atomic mass is 9.53. The molecule has 210 valence electrons. The van der Waals surface area contributed by atoms with E-state index in [9.17, 15) is 0 Å². The van der Waals surface area contributed by atoms with Crippen LogP contribution in [0.4, 0.5) is 0 Å². The number of imidazole rings is 1. The number of hydrogen-bond donors (Lipinski definition) is 0. The van der Waals surface area contributed by atoms with E-state index in [0.717, 1.165) is 24.8 Å². The first-order valence-corrected chi connectivity index (χ1v) is 16.1. The summed E-state index contributed by atoms with van der Waals surface area (Å²) in [6, 6.07) is 20.3. The molecule has 0 aliphatic heterocycles. The summed E-state index contributed by atoms with van der Waals surface area (Å²) >= 11 is 0. The fourth-order valence-electron chi connectivity index (χ4n) is 8.62. The van der Waals surface area contributed by atoms with Gasteiger partial charge in [-0.15, -0.1) is 0 Å². The summed E-state index contributed by atoms with van der Waals surface area (Å²) < 4.78 is 2.53. The smallest absolute Gasteiger partial charge is 0.137 e. The lowest BCUT2D eigenvalue weighted by Gasteiger charge is -2.50. The number of allylic oxidation sites excluding steroid dienone is 14. The quantitative estimate of drug-likeness (QED) is 0.317. The van der Waals surface area contributed by atoms with E-state index >= 15 is 0 Å². The highest BCUT2D eigenvalue weighted by Gasteiger charge is 2.47. The summed E-state index contributed by atoms with van der Waals surface area (Å²) in [7, 11) is 0. The average Bonchev–Trinajstić information content (AvgIpc) is 3.44. The summed E-state index contributed by atoms with van der Waals surface area (Å²) in [6.07, 6.45) is 31.6. The van der Waals surface area contributed by atoms with Crippen LogP contribution < -0.4 is 0 Å². The first kappa shape index (κ1) is 25.8. The zero-order valence-corrected chi connectivity index (χ0v) is 24.6. The van der Waals surface area contributed by atoms with Crippen LogP contribution in [0, 0.1) is 23.7 Å². The number of hydrogen-bond acceptors (Lipinski definition) is 1. The van der Waals surface area contributed by atoms with Crippen LogP contribution in [-0.2, 0) is 0 Å². The largest absolute Gasteiger partial charge is 0.317 e. The summed E-state index contributed by atoms with van der Waals surface area (Å²) in [6.45, 7) is 2.27. The molecule has 2 aromatic carbocycles. The van der Waals surface area contributed by atoms with Gasteiger partial charge in [-0.3, -0.25) is 0 Å². The van der Waals surface area contributed by atoms with Crippen molar-refractivity contribution < 1.29 is 0 Å². The average molecular weight is 549 g/mol. The number of para-hydroxylation sites is 2. The van der Waals surface area contributed by atoms with Crippen LogP contribution in [0.25, 0.3) is 16.6 Å². The molecule has 1 saturated carbocycles. The number of aromatic nitrogens is 2. The van der Waals surface area contributed by atoms with Crippen molar-refractivity contribution in [2.75, 3.05) is 0 Å². The molecule has 2 heteroatoms. The molecule has 1 heterocycles. The van der Waals surface area contributed by atoms with E-state index in [-0.39, 0.29) is 6.04 Å². The lowest BCUT2D eigenvalue weighted by Crippen LogP contribution is -2.41. The first-order chi connectivity index (χ1) is 20.8. The molecule has 6 atom stereocenters. The molecular weight excluding hydrogens is 508 g/mol. The van der Waals surface area contributed by atoms with Crippen molar-refractivity contribution in [2.24, 2.45) is 23.7 Å². The van der Waals surface area contributed by atoms with Crippen LogP contribution in [0.15, 0.2) is 132 Å². The van der Waals surface area contributed by atoms with Crippen LogP contribution in [0.2, 0.25) is 0 Å². The van der Waals surface area contributed by atoms with Gasteiger partial charge >= 0.3 is 0 Å². The van der Waals surface area contributed by atoms with Crippen molar-refractivity contribution in [1.82, 2.24) is 9.55 Å². The molecule has 3 aromatic rings. The predicted octanol–water partition coefficient (Wildman–Crippen LogP) is 10.1. The van der Waals surface area contributed by atoms with E-state index in [1.807, 2.05) is 0 Å². The van der Waals surface area contributed by atoms with Gasteiger partial charge in [-0.05, 0) is 98.0 Å². The Hall–Kier alpha value is -3.91. The lowest BCUT2D eigenvalue weighted by molar-refractivity contribution is 0.221. The van der Waals surface area contributed by atoms with Crippen LogP contribution in [0.5, 0.6) is 0 Å². The molecule has 5 aliphatic carbocycles. The predicted molar refractivity (Wildman–Crippen MR) is 175 cm³/mol. The third-order valence-electron chi connectivity index (χ3n) is 10.5. The number of fused-ring (bicyclic) bond motifs is 3. The fourth-order valence-corrected chi connectivity index (χ4v) is 8.62. The maximum absolute atomic E-state index is 5.18. The minimum absolute atomic E-state index is 0.287. The Morgan fingerprint density at radius 3 is 2.57 bits per heavy atom. The van der Waals surface area contributed by atoms with Crippen molar-refractivity contribution in [2.45, 2.75) is 57.4 Å². The molecule has 5 aliphatic rings. The van der Waals surface area contributed by atoms with Crippen LogP contribution >= 0.6 is 0 Å². The van der Waals surface area contributed by atoms with Crippen molar-refractivity contribution in [1.29, 1.82) is 0 Å². The van der Waals surface area contributed by atoms with Crippen molar-refractivity contribution in [3.05, 3.63) is 143 Å².